The molecular weight excluding hydrogens is 270 g/mol. The molecule has 1 rings (SSSR count). The van der Waals surface area contributed by atoms with E-state index in [1.54, 1.807) is 19.1 Å². The lowest BCUT2D eigenvalue weighted by Crippen LogP contribution is -2.52. The standard InChI is InChI=1S/C16H23NO4/c1-5-16(4,15(19)20)17-14(18)10-12-8-6-7-9-13(12)21-11(2)3/h6-9,11H,5,10H2,1-4H3,(H,17,18)(H,19,20). The van der Waals surface area contributed by atoms with E-state index in [1.807, 2.05) is 26.0 Å². The minimum Gasteiger partial charge on any atom is -0.491 e. The Hall–Kier alpha value is -2.04. The summed E-state index contributed by atoms with van der Waals surface area (Å²) in [6.07, 6.45) is 0.415. The first-order chi connectivity index (χ1) is 9.78. The van der Waals surface area contributed by atoms with Crippen molar-refractivity contribution in [3.63, 3.8) is 0 Å². The summed E-state index contributed by atoms with van der Waals surface area (Å²) in [5, 5.41) is 11.8. The van der Waals surface area contributed by atoms with Gasteiger partial charge in [0.15, 0.2) is 0 Å². The maximum Gasteiger partial charge on any atom is 0.329 e. The van der Waals surface area contributed by atoms with Gasteiger partial charge in [0.25, 0.3) is 0 Å². The van der Waals surface area contributed by atoms with Gasteiger partial charge in [-0.2, -0.15) is 0 Å². The highest BCUT2D eigenvalue weighted by molar-refractivity contribution is 5.87. The van der Waals surface area contributed by atoms with Gasteiger partial charge in [0.2, 0.25) is 5.91 Å². The summed E-state index contributed by atoms with van der Waals surface area (Å²) in [7, 11) is 0. The van der Waals surface area contributed by atoms with E-state index < -0.39 is 11.5 Å². The Labute approximate surface area is 125 Å². The van der Waals surface area contributed by atoms with E-state index in [4.69, 9.17) is 4.74 Å². The third-order valence-corrected chi connectivity index (χ3v) is 3.28. The molecule has 0 heterocycles. The van der Waals surface area contributed by atoms with Crippen LogP contribution < -0.4 is 10.1 Å². The Morgan fingerprint density at radius 3 is 2.48 bits per heavy atom. The van der Waals surface area contributed by atoms with E-state index >= 15 is 0 Å². The molecule has 0 radical (unpaired) electrons. The van der Waals surface area contributed by atoms with Gasteiger partial charge in [-0.25, -0.2) is 4.79 Å². The van der Waals surface area contributed by atoms with E-state index in [0.29, 0.717) is 12.2 Å². The Morgan fingerprint density at radius 1 is 1.33 bits per heavy atom. The maximum atomic E-state index is 12.1. The van der Waals surface area contributed by atoms with Crippen LogP contribution >= 0.6 is 0 Å². The van der Waals surface area contributed by atoms with Gasteiger partial charge in [-0.15, -0.1) is 0 Å². The molecule has 21 heavy (non-hydrogen) atoms. The second-order valence-electron chi connectivity index (χ2n) is 5.49. The van der Waals surface area contributed by atoms with Gasteiger partial charge >= 0.3 is 5.97 Å². The van der Waals surface area contributed by atoms with Gasteiger partial charge in [-0.05, 0) is 33.3 Å². The van der Waals surface area contributed by atoms with Crippen LogP contribution in [0.15, 0.2) is 24.3 Å². The Kier molecular flexibility index (Phi) is 5.76. The van der Waals surface area contributed by atoms with E-state index in [1.165, 1.54) is 6.92 Å². The van der Waals surface area contributed by atoms with E-state index in [0.717, 1.165) is 5.56 Å². The van der Waals surface area contributed by atoms with Crippen molar-refractivity contribution in [3.8, 4) is 5.75 Å². The molecule has 5 heteroatoms. The molecule has 0 saturated carbocycles. The SMILES string of the molecule is CCC(C)(NC(=O)Cc1ccccc1OC(C)C)C(=O)O. The quantitative estimate of drug-likeness (QED) is 0.809. The van der Waals surface area contributed by atoms with Crippen molar-refractivity contribution in [1.29, 1.82) is 0 Å². The Bertz CT molecular complexity index is 513. The van der Waals surface area contributed by atoms with Crippen molar-refractivity contribution < 1.29 is 19.4 Å². The minimum atomic E-state index is -1.25. The number of hydrogen-bond donors (Lipinski definition) is 2. The number of ether oxygens (including phenoxy) is 1. The van der Waals surface area contributed by atoms with Crippen LogP contribution in [0.4, 0.5) is 0 Å². The Morgan fingerprint density at radius 2 is 1.95 bits per heavy atom. The monoisotopic (exact) mass is 293 g/mol. The summed E-state index contributed by atoms with van der Waals surface area (Å²) in [6.45, 7) is 7.05. The number of carboxylic acids is 1. The second kappa shape index (κ2) is 7.11. The average Bonchev–Trinajstić information content (AvgIpc) is 2.40. The molecular formula is C16H23NO4. The number of nitrogens with one attached hydrogen (secondary N) is 1. The number of benzene rings is 1. The summed E-state index contributed by atoms with van der Waals surface area (Å²) in [5.41, 5.74) is -0.502. The first kappa shape index (κ1) is 17.0. The summed E-state index contributed by atoms with van der Waals surface area (Å²) >= 11 is 0. The van der Waals surface area contributed by atoms with Crippen molar-refractivity contribution in [2.45, 2.75) is 52.2 Å². The van der Waals surface area contributed by atoms with Gasteiger partial charge in [0.05, 0.1) is 12.5 Å². The summed E-state index contributed by atoms with van der Waals surface area (Å²) < 4.78 is 5.65. The van der Waals surface area contributed by atoms with E-state index in [-0.39, 0.29) is 18.4 Å². The predicted molar refractivity (Wildman–Crippen MR) is 80.4 cm³/mol. The number of carbonyl (C=O) groups excluding carboxylic acids is 1. The van der Waals surface area contributed by atoms with Gasteiger partial charge in [0.1, 0.15) is 11.3 Å². The summed E-state index contributed by atoms with van der Waals surface area (Å²) in [6, 6.07) is 7.28. The van der Waals surface area contributed by atoms with Crippen molar-refractivity contribution >= 4 is 11.9 Å². The van der Waals surface area contributed by atoms with Crippen molar-refractivity contribution in [1.82, 2.24) is 5.32 Å². The first-order valence-corrected chi connectivity index (χ1v) is 7.07. The molecule has 1 aromatic carbocycles. The summed E-state index contributed by atoms with van der Waals surface area (Å²) in [5.74, 6) is -0.720. The molecule has 1 aromatic rings. The molecule has 0 aliphatic heterocycles. The lowest BCUT2D eigenvalue weighted by Gasteiger charge is -2.25. The summed E-state index contributed by atoms with van der Waals surface area (Å²) in [4.78, 5) is 23.3. The Balaban J connectivity index is 2.82. The molecule has 0 saturated heterocycles. The van der Waals surface area contributed by atoms with E-state index in [2.05, 4.69) is 5.32 Å². The molecule has 0 spiro atoms. The smallest absolute Gasteiger partial charge is 0.329 e. The fourth-order valence-corrected chi connectivity index (χ4v) is 1.84. The molecule has 116 valence electrons. The zero-order valence-corrected chi connectivity index (χ0v) is 13.0. The third kappa shape index (κ3) is 4.77. The number of hydrogen-bond acceptors (Lipinski definition) is 3. The molecule has 1 atom stereocenters. The van der Waals surface area contributed by atoms with Crippen molar-refractivity contribution in [3.05, 3.63) is 29.8 Å². The number of aliphatic carboxylic acids is 1. The number of carboxylic acid groups (broad SMARTS) is 1. The van der Waals surface area contributed by atoms with Crippen LogP contribution in [0.2, 0.25) is 0 Å². The molecule has 1 unspecified atom stereocenters. The molecule has 0 aliphatic carbocycles. The number of rotatable bonds is 7. The van der Waals surface area contributed by atoms with Crippen molar-refractivity contribution in [2.75, 3.05) is 0 Å². The molecule has 2 N–H and O–H groups in total. The number of carbonyl (C=O) groups is 2. The maximum absolute atomic E-state index is 12.1. The lowest BCUT2D eigenvalue weighted by molar-refractivity contribution is -0.146. The largest absolute Gasteiger partial charge is 0.491 e. The molecule has 0 fully saturated rings. The molecule has 1 amide bonds. The first-order valence-electron chi connectivity index (χ1n) is 7.07. The van der Waals surface area contributed by atoms with Gasteiger partial charge in [-0.1, -0.05) is 25.1 Å². The fraction of sp³-hybridized carbons (Fsp3) is 0.500. The fourth-order valence-electron chi connectivity index (χ4n) is 1.84. The topological polar surface area (TPSA) is 75.6 Å². The average molecular weight is 293 g/mol. The highest BCUT2D eigenvalue weighted by Crippen LogP contribution is 2.20. The molecule has 0 bridgehead atoms. The third-order valence-electron chi connectivity index (χ3n) is 3.28. The van der Waals surface area contributed by atoms with Crippen LogP contribution in [-0.4, -0.2) is 28.6 Å². The predicted octanol–water partition coefficient (Wildman–Crippen LogP) is 2.39. The van der Waals surface area contributed by atoms with Crippen LogP contribution in [0.1, 0.15) is 39.7 Å². The van der Waals surface area contributed by atoms with Crippen LogP contribution in [0, 0.1) is 0 Å². The second-order valence-corrected chi connectivity index (χ2v) is 5.49. The van der Waals surface area contributed by atoms with Crippen LogP contribution in [-0.2, 0) is 16.0 Å². The normalized spacial score (nSPS) is 13.6. The van der Waals surface area contributed by atoms with Crippen LogP contribution in [0.25, 0.3) is 0 Å². The van der Waals surface area contributed by atoms with Crippen molar-refractivity contribution in [2.24, 2.45) is 0 Å². The molecule has 5 nitrogen and oxygen atoms in total. The minimum absolute atomic E-state index is 0.00846. The van der Waals surface area contributed by atoms with Gasteiger partial charge in [0, 0.05) is 5.56 Å². The van der Waals surface area contributed by atoms with Gasteiger partial charge < -0.3 is 15.2 Å². The van der Waals surface area contributed by atoms with Gasteiger partial charge in [-0.3, -0.25) is 4.79 Å². The number of para-hydroxylation sites is 1. The highest BCUT2D eigenvalue weighted by atomic mass is 16.5. The zero-order chi connectivity index (χ0) is 16.0. The zero-order valence-electron chi connectivity index (χ0n) is 13.0. The highest BCUT2D eigenvalue weighted by Gasteiger charge is 2.32. The molecule has 0 aromatic heterocycles. The van der Waals surface area contributed by atoms with Crippen LogP contribution in [0.5, 0.6) is 5.75 Å². The van der Waals surface area contributed by atoms with Crippen LogP contribution in [0.3, 0.4) is 0 Å². The van der Waals surface area contributed by atoms with E-state index in [9.17, 15) is 14.7 Å². The molecule has 0 aliphatic rings. The number of amides is 1. The lowest BCUT2D eigenvalue weighted by atomic mass is 9.98.